The van der Waals surface area contributed by atoms with Crippen LogP contribution >= 0.6 is 11.3 Å². The van der Waals surface area contributed by atoms with E-state index in [4.69, 9.17) is 0 Å². The Balaban J connectivity index is 1.65. The molecule has 2 heterocycles. The highest BCUT2D eigenvalue weighted by atomic mass is 32.1. The maximum Gasteiger partial charge on any atom is 0.0921 e. The fraction of sp³-hybridized carbons (Fsp3) is 0.300. The highest BCUT2D eigenvalue weighted by molar-refractivity contribution is 7.07. The number of thiophene rings is 1. The second-order valence-corrected chi connectivity index (χ2v) is 3.92. The van der Waals surface area contributed by atoms with E-state index < -0.39 is 0 Å². The molecule has 0 aliphatic rings. The summed E-state index contributed by atoms with van der Waals surface area (Å²) in [6.45, 7) is 1.94. The molecule has 3 nitrogen and oxygen atoms in total. The van der Waals surface area contributed by atoms with Gasteiger partial charge in [-0.2, -0.15) is 11.3 Å². The summed E-state index contributed by atoms with van der Waals surface area (Å²) in [4.78, 5) is 7.05. The Bertz CT molecular complexity index is 303. The maximum atomic E-state index is 3.97. The number of aromatic amines is 1. The molecule has 0 atom stereocenters. The van der Waals surface area contributed by atoms with E-state index in [-0.39, 0.29) is 0 Å². The minimum absolute atomic E-state index is 0.956. The van der Waals surface area contributed by atoms with Crippen LogP contribution < -0.4 is 5.32 Å². The van der Waals surface area contributed by atoms with Crippen molar-refractivity contribution in [1.29, 1.82) is 0 Å². The first-order valence-corrected chi connectivity index (χ1v) is 5.58. The molecule has 0 aromatic carbocycles. The van der Waals surface area contributed by atoms with E-state index in [1.54, 1.807) is 17.7 Å². The molecule has 14 heavy (non-hydrogen) atoms. The minimum Gasteiger partial charge on any atom is -0.348 e. The molecule has 0 amide bonds. The van der Waals surface area contributed by atoms with Crippen molar-refractivity contribution < 1.29 is 0 Å². The fourth-order valence-electron chi connectivity index (χ4n) is 1.27. The van der Waals surface area contributed by atoms with Crippen molar-refractivity contribution in [2.24, 2.45) is 0 Å². The Morgan fingerprint density at radius 3 is 3.21 bits per heavy atom. The molecule has 2 aromatic rings. The molecule has 0 aliphatic carbocycles. The van der Waals surface area contributed by atoms with Gasteiger partial charge in [-0.25, -0.2) is 4.98 Å². The van der Waals surface area contributed by atoms with Crippen molar-refractivity contribution in [3.63, 3.8) is 0 Å². The fourth-order valence-corrected chi connectivity index (χ4v) is 1.94. The number of nitrogens with one attached hydrogen (secondary N) is 2. The van der Waals surface area contributed by atoms with E-state index in [1.807, 2.05) is 6.20 Å². The molecule has 0 radical (unpaired) electrons. The molecule has 0 saturated heterocycles. The van der Waals surface area contributed by atoms with Crippen LogP contribution in [-0.4, -0.2) is 16.5 Å². The van der Waals surface area contributed by atoms with Crippen molar-refractivity contribution in [2.75, 3.05) is 6.54 Å². The SMILES string of the molecule is c1ncc(CCNCc2ccsc2)[nH]1. The van der Waals surface area contributed by atoms with Gasteiger partial charge in [0.2, 0.25) is 0 Å². The van der Waals surface area contributed by atoms with Crippen LogP contribution in [0.15, 0.2) is 29.4 Å². The normalized spacial score (nSPS) is 10.6. The number of nitrogens with zero attached hydrogens (tertiary/aromatic N) is 1. The molecule has 0 spiro atoms. The molecule has 2 rings (SSSR count). The third-order valence-corrected chi connectivity index (χ3v) is 2.77. The number of hydrogen-bond donors (Lipinski definition) is 2. The second-order valence-electron chi connectivity index (χ2n) is 3.14. The first-order valence-electron chi connectivity index (χ1n) is 4.64. The molecule has 74 valence electrons. The Kier molecular flexibility index (Phi) is 3.32. The van der Waals surface area contributed by atoms with Crippen LogP contribution in [0.3, 0.4) is 0 Å². The van der Waals surface area contributed by atoms with Crippen molar-refractivity contribution >= 4 is 11.3 Å². The van der Waals surface area contributed by atoms with Crippen LogP contribution in [-0.2, 0) is 13.0 Å². The van der Waals surface area contributed by atoms with Gasteiger partial charge in [0, 0.05) is 31.4 Å². The highest BCUT2D eigenvalue weighted by Gasteiger charge is 1.94. The molecular weight excluding hydrogens is 194 g/mol. The van der Waals surface area contributed by atoms with Crippen LogP contribution in [0.2, 0.25) is 0 Å². The van der Waals surface area contributed by atoms with Gasteiger partial charge in [0.1, 0.15) is 0 Å². The van der Waals surface area contributed by atoms with Gasteiger partial charge in [-0.15, -0.1) is 0 Å². The lowest BCUT2D eigenvalue weighted by atomic mass is 10.3. The number of imidazole rings is 1. The highest BCUT2D eigenvalue weighted by Crippen LogP contribution is 2.04. The van der Waals surface area contributed by atoms with Crippen molar-refractivity contribution in [3.05, 3.63) is 40.6 Å². The standard InChI is InChI=1S/C10H13N3S/c1(10-6-12-8-13-10)3-11-5-9-2-4-14-7-9/h2,4,6-8,11H,1,3,5H2,(H,12,13). The largest absolute Gasteiger partial charge is 0.348 e. The molecule has 4 heteroatoms. The summed E-state index contributed by atoms with van der Waals surface area (Å²) in [7, 11) is 0. The number of H-pyrrole nitrogens is 1. The average molecular weight is 207 g/mol. The van der Waals surface area contributed by atoms with E-state index in [9.17, 15) is 0 Å². The summed E-state index contributed by atoms with van der Waals surface area (Å²) in [6.07, 6.45) is 4.59. The van der Waals surface area contributed by atoms with Crippen LogP contribution in [0, 0.1) is 0 Å². The summed E-state index contributed by atoms with van der Waals surface area (Å²) >= 11 is 1.74. The monoisotopic (exact) mass is 207 g/mol. The number of rotatable bonds is 5. The van der Waals surface area contributed by atoms with Gasteiger partial charge >= 0.3 is 0 Å². The zero-order valence-electron chi connectivity index (χ0n) is 7.86. The Labute approximate surface area is 87.2 Å². The summed E-state index contributed by atoms with van der Waals surface area (Å²) in [5.41, 5.74) is 2.54. The maximum absolute atomic E-state index is 3.97. The van der Waals surface area contributed by atoms with Crippen LogP contribution in [0.5, 0.6) is 0 Å². The Hall–Kier alpha value is -1.13. The topological polar surface area (TPSA) is 40.7 Å². The second kappa shape index (κ2) is 4.93. The van der Waals surface area contributed by atoms with E-state index in [0.717, 1.165) is 19.5 Å². The molecule has 0 fully saturated rings. The van der Waals surface area contributed by atoms with Crippen LogP contribution in [0.25, 0.3) is 0 Å². The summed E-state index contributed by atoms with van der Waals surface area (Å²) in [6, 6.07) is 2.15. The van der Waals surface area contributed by atoms with E-state index >= 15 is 0 Å². The Morgan fingerprint density at radius 2 is 2.50 bits per heavy atom. The number of hydrogen-bond acceptors (Lipinski definition) is 3. The molecule has 0 saturated carbocycles. The van der Waals surface area contributed by atoms with Crippen molar-refractivity contribution in [2.45, 2.75) is 13.0 Å². The molecule has 0 unspecified atom stereocenters. The molecule has 0 bridgehead atoms. The van der Waals surface area contributed by atoms with Gasteiger partial charge < -0.3 is 10.3 Å². The third kappa shape index (κ3) is 2.68. The van der Waals surface area contributed by atoms with Crippen LogP contribution in [0.4, 0.5) is 0 Å². The third-order valence-electron chi connectivity index (χ3n) is 2.04. The first kappa shape index (κ1) is 9.43. The van der Waals surface area contributed by atoms with Gasteiger partial charge in [0.15, 0.2) is 0 Å². The predicted molar refractivity (Wildman–Crippen MR) is 58.3 cm³/mol. The molecule has 0 aliphatic heterocycles. The van der Waals surface area contributed by atoms with E-state index in [0.29, 0.717) is 0 Å². The van der Waals surface area contributed by atoms with Gasteiger partial charge in [-0.05, 0) is 22.4 Å². The number of aromatic nitrogens is 2. The van der Waals surface area contributed by atoms with Crippen molar-refractivity contribution in [3.8, 4) is 0 Å². The predicted octanol–water partition coefficient (Wildman–Crippen LogP) is 1.80. The zero-order chi connectivity index (χ0) is 9.64. The first-order chi connectivity index (χ1) is 6.95. The summed E-state index contributed by atoms with van der Waals surface area (Å²) in [5.74, 6) is 0. The lowest BCUT2D eigenvalue weighted by molar-refractivity contribution is 0.682. The quantitative estimate of drug-likeness (QED) is 0.734. The van der Waals surface area contributed by atoms with Crippen LogP contribution in [0.1, 0.15) is 11.3 Å². The zero-order valence-corrected chi connectivity index (χ0v) is 8.68. The van der Waals surface area contributed by atoms with Gasteiger partial charge in [0.25, 0.3) is 0 Å². The smallest absolute Gasteiger partial charge is 0.0921 e. The lowest BCUT2D eigenvalue weighted by Crippen LogP contribution is -2.16. The Morgan fingerprint density at radius 1 is 1.50 bits per heavy atom. The van der Waals surface area contributed by atoms with E-state index in [2.05, 4.69) is 32.1 Å². The van der Waals surface area contributed by atoms with Gasteiger partial charge in [0.05, 0.1) is 6.33 Å². The van der Waals surface area contributed by atoms with E-state index in [1.165, 1.54) is 11.3 Å². The molecule has 2 aromatic heterocycles. The van der Waals surface area contributed by atoms with Gasteiger partial charge in [-0.3, -0.25) is 0 Å². The van der Waals surface area contributed by atoms with Gasteiger partial charge in [-0.1, -0.05) is 0 Å². The lowest BCUT2D eigenvalue weighted by Gasteiger charge is -2.01. The summed E-state index contributed by atoms with van der Waals surface area (Å²) < 4.78 is 0. The average Bonchev–Trinajstić information content (AvgIpc) is 2.86. The van der Waals surface area contributed by atoms with Crippen molar-refractivity contribution in [1.82, 2.24) is 15.3 Å². The minimum atomic E-state index is 0.956. The summed E-state index contributed by atoms with van der Waals surface area (Å²) in [5, 5.41) is 7.66. The molecular formula is C10H13N3S. The molecule has 2 N–H and O–H groups in total.